The predicted molar refractivity (Wildman–Crippen MR) is 39.2 cm³/mol. The minimum absolute atomic E-state index is 0.528. The van der Waals surface area contributed by atoms with Crippen LogP contribution in [0.1, 0.15) is 0 Å². The second-order valence-corrected chi connectivity index (χ2v) is 3.90. The third-order valence-corrected chi connectivity index (χ3v) is 2.99. The fraction of sp³-hybridized carbons (Fsp3) is 0.200. The van der Waals surface area contributed by atoms with E-state index < -0.39 is 32.4 Å². The second kappa shape index (κ2) is 2.68. The fourth-order valence-corrected chi connectivity index (χ4v) is 1.73. The van der Waals surface area contributed by atoms with Gasteiger partial charge in [0.15, 0.2) is 9.95 Å². The molecule has 0 atom stereocenters. The van der Waals surface area contributed by atoms with Crippen LogP contribution in [0, 0.1) is 0 Å². The molecule has 1 heterocycles. The molecule has 0 saturated carbocycles. The molecule has 0 fully saturated rings. The molecule has 1 rings (SSSR count). The van der Waals surface area contributed by atoms with Gasteiger partial charge in [-0.15, -0.1) is 0 Å². The van der Waals surface area contributed by atoms with Crippen molar-refractivity contribution in [2.24, 2.45) is 4.99 Å². The molecule has 0 aromatic carbocycles. The summed E-state index contributed by atoms with van der Waals surface area (Å²) in [6.07, 6.45) is 0.712. The van der Waals surface area contributed by atoms with E-state index >= 15 is 0 Å². The van der Waals surface area contributed by atoms with Gasteiger partial charge in [0.25, 0.3) is 0 Å². The number of rotatable bonds is 2. The van der Waals surface area contributed by atoms with E-state index in [1.54, 1.807) is 0 Å². The standard InChI is InChI=1S/C5H5NO5S/c7-2-4-6-1-3(5(8)9)12(4,10)11/h1,7H,2H2,(H,8,9). The summed E-state index contributed by atoms with van der Waals surface area (Å²) in [6.45, 7) is -0.782. The van der Waals surface area contributed by atoms with Crippen LogP contribution < -0.4 is 0 Å². The molecule has 0 aromatic heterocycles. The van der Waals surface area contributed by atoms with Crippen molar-refractivity contribution in [1.29, 1.82) is 0 Å². The zero-order valence-electron chi connectivity index (χ0n) is 5.76. The number of carboxylic acids is 1. The maximum Gasteiger partial charge on any atom is 0.349 e. The molecule has 0 radical (unpaired) electrons. The van der Waals surface area contributed by atoms with Crippen molar-refractivity contribution >= 4 is 20.9 Å². The third-order valence-electron chi connectivity index (χ3n) is 1.27. The lowest BCUT2D eigenvalue weighted by Crippen LogP contribution is -2.20. The first-order valence-electron chi connectivity index (χ1n) is 2.86. The van der Waals surface area contributed by atoms with Crippen LogP contribution in [0.25, 0.3) is 0 Å². The molecule has 0 unspecified atom stereocenters. The summed E-state index contributed by atoms with van der Waals surface area (Å²) in [5.41, 5.74) is 0. The SMILES string of the molecule is O=C(O)C1=CN=C(CO)S1(=O)=O. The molecule has 0 aliphatic carbocycles. The number of aliphatic hydroxyl groups excluding tert-OH is 1. The van der Waals surface area contributed by atoms with Gasteiger partial charge in [-0.05, 0) is 0 Å². The Labute approximate surface area is 67.8 Å². The van der Waals surface area contributed by atoms with Gasteiger partial charge in [0.2, 0.25) is 9.84 Å². The first-order valence-corrected chi connectivity index (χ1v) is 4.34. The van der Waals surface area contributed by atoms with E-state index in [2.05, 4.69) is 4.99 Å². The number of hydrogen-bond acceptors (Lipinski definition) is 5. The van der Waals surface area contributed by atoms with E-state index in [1.807, 2.05) is 0 Å². The molecular weight excluding hydrogens is 186 g/mol. The van der Waals surface area contributed by atoms with Gasteiger partial charge in [0.1, 0.15) is 0 Å². The highest BCUT2D eigenvalue weighted by molar-refractivity contribution is 8.10. The Morgan fingerprint density at radius 1 is 1.58 bits per heavy atom. The predicted octanol–water partition coefficient (Wildman–Crippen LogP) is -1.27. The van der Waals surface area contributed by atoms with Crippen molar-refractivity contribution < 1.29 is 23.4 Å². The molecule has 7 heteroatoms. The summed E-state index contributed by atoms with van der Waals surface area (Å²) < 4.78 is 22.1. The molecule has 0 bridgehead atoms. The zero-order chi connectivity index (χ0) is 9.35. The molecule has 0 amide bonds. The van der Waals surface area contributed by atoms with E-state index in [1.165, 1.54) is 0 Å². The number of nitrogens with zero attached hydrogens (tertiary/aromatic N) is 1. The number of aliphatic hydroxyl groups is 1. The van der Waals surface area contributed by atoms with Crippen LogP contribution >= 0.6 is 0 Å². The Morgan fingerprint density at radius 2 is 2.17 bits per heavy atom. The molecule has 0 saturated heterocycles. The number of carbonyl (C=O) groups is 1. The quantitative estimate of drug-likeness (QED) is 0.566. The van der Waals surface area contributed by atoms with Crippen LogP contribution in [0.15, 0.2) is 16.1 Å². The molecular formula is C5H5NO5S. The molecule has 1 aliphatic rings. The molecule has 0 spiro atoms. The number of aliphatic imine (C=N–C) groups is 1. The smallest absolute Gasteiger partial charge is 0.349 e. The van der Waals surface area contributed by atoms with Crippen molar-refractivity contribution in [2.45, 2.75) is 0 Å². The van der Waals surface area contributed by atoms with Crippen molar-refractivity contribution in [1.82, 2.24) is 0 Å². The van der Waals surface area contributed by atoms with Crippen LogP contribution in [-0.2, 0) is 14.6 Å². The van der Waals surface area contributed by atoms with Crippen LogP contribution in [0.2, 0.25) is 0 Å². The Bertz CT molecular complexity index is 377. The van der Waals surface area contributed by atoms with Crippen LogP contribution in [0.3, 0.4) is 0 Å². The molecule has 6 nitrogen and oxygen atoms in total. The lowest BCUT2D eigenvalue weighted by atomic mass is 10.6. The summed E-state index contributed by atoms with van der Waals surface area (Å²) in [5.74, 6) is -1.57. The third kappa shape index (κ3) is 1.12. The Balaban J connectivity index is 3.15. The minimum atomic E-state index is -4.02. The summed E-state index contributed by atoms with van der Waals surface area (Å²) in [4.78, 5) is 12.7. The van der Waals surface area contributed by atoms with Crippen molar-refractivity contribution in [3.63, 3.8) is 0 Å². The summed E-state index contributed by atoms with van der Waals surface area (Å²) in [7, 11) is -4.02. The molecule has 66 valence electrons. The number of carboxylic acid groups (broad SMARTS) is 1. The fourth-order valence-electron chi connectivity index (χ4n) is 0.692. The van der Waals surface area contributed by atoms with Gasteiger partial charge in [0.05, 0.1) is 12.8 Å². The summed E-state index contributed by atoms with van der Waals surface area (Å²) in [5, 5.41) is 16.3. The molecule has 1 aliphatic heterocycles. The van der Waals surface area contributed by atoms with Gasteiger partial charge in [-0.3, -0.25) is 0 Å². The highest BCUT2D eigenvalue weighted by Crippen LogP contribution is 2.16. The van der Waals surface area contributed by atoms with E-state index in [4.69, 9.17) is 10.2 Å². The lowest BCUT2D eigenvalue weighted by Gasteiger charge is -1.96. The Morgan fingerprint density at radius 3 is 2.42 bits per heavy atom. The van der Waals surface area contributed by atoms with Crippen LogP contribution in [0.4, 0.5) is 0 Å². The van der Waals surface area contributed by atoms with E-state index in [-0.39, 0.29) is 0 Å². The summed E-state index contributed by atoms with van der Waals surface area (Å²) >= 11 is 0. The molecule has 2 N–H and O–H groups in total. The number of sulfone groups is 1. The van der Waals surface area contributed by atoms with Crippen molar-refractivity contribution in [3.8, 4) is 0 Å². The van der Waals surface area contributed by atoms with Gasteiger partial charge < -0.3 is 10.2 Å². The van der Waals surface area contributed by atoms with Gasteiger partial charge in [-0.1, -0.05) is 0 Å². The number of hydrogen-bond donors (Lipinski definition) is 2. The molecule has 0 aromatic rings. The Kier molecular flexibility index (Phi) is 1.99. The first kappa shape index (κ1) is 8.88. The van der Waals surface area contributed by atoms with E-state index in [0.29, 0.717) is 6.20 Å². The van der Waals surface area contributed by atoms with Crippen LogP contribution in [-0.4, -0.2) is 36.3 Å². The van der Waals surface area contributed by atoms with E-state index in [0.717, 1.165) is 0 Å². The minimum Gasteiger partial charge on any atom is -0.477 e. The highest BCUT2D eigenvalue weighted by atomic mass is 32.2. The van der Waals surface area contributed by atoms with Crippen LogP contribution in [0.5, 0.6) is 0 Å². The summed E-state index contributed by atoms with van der Waals surface area (Å²) in [6, 6.07) is 0. The topological polar surface area (TPSA) is 104 Å². The average molecular weight is 191 g/mol. The van der Waals surface area contributed by atoms with Crippen molar-refractivity contribution in [2.75, 3.05) is 6.61 Å². The lowest BCUT2D eigenvalue weighted by molar-refractivity contribution is -0.131. The van der Waals surface area contributed by atoms with Crippen molar-refractivity contribution in [3.05, 3.63) is 11.1 Å². The number of aliphatic carboxylic acids is 1. The maximum atomic E-state index is 11.0. The highest BCUT2D eigenvalue weighted by Gasteiger charge is 2.33. The average Bonchev–Trinajstić information content (AvgIpc) is 2.24. The normalized spacial score (nSPS) is 20.1. The van der Waals surface area contributed by atoms with E-state index in [9.17, 15) is 13.2 Å². The maximum absolute atomic E-state index is 11.0. The van der Waals surface area contributed by atoms with Gasteiger partial charge in [-0.25, -0.2) is 18.2 Å². The zero-order valence-corrected chi connectivity index (χ0v) is 6.58. The van der Waals surface area contributed by atoms with Gasteiger partial charge >= 0.3 is 5.97 Å². The first-order chi connectivity index (χ1) is 5.50. The van der Waals surface area contributed by atoms with Gasteiger partial charge in [-0.2, -0.15) is 0 Å². The largest absolute Gasteiger partial charge is 0.477 e. The molecule has 12 heavy (non-hydrogen) atoms. The monoisotopic (exact) mass is 191 g/mol. The second-order valence-electron chi connectivity index (χ2n) is 1.98. The Hall–Kier alpha value is -1.21. The van der Waals surface area contributed by atoms with Gasteiger partial charge in [0, 0.05) is 0 Å².